The molecule has 0 saturated carbocycles. The molecule has 1 unspecified atom stereocenters. The van der Waals surface area contributed by atoms with E-state index in [4.69, 9.17) is 0 Å². The molecule has 0 aliphatic heterocycles. The van der Waals surface area contributed by atoms with Gasteiger partial charge in [0.25, 0.3) is 11.5 Å². The van der Waals surface area contributed by atoms with Crippen LogP contribution in [-0.4, -0.2) is 25.7 Å². The van der Waals surface area contributed by atoms with E-state index in [9.17, 15) is 14.0 Å². The van der Waals surface area contributed by atoms with Crippen molar-refractivity contribution in [3.63, 3.8) is 0 Å². The molecule has 1 atom stereocenters. The minimum atomic E-state index is -0.433. The Kier molecular flexibility index (Phi) is 4.19. The summed E-state index contributed by atoms with van der Waals surface area (Å²) in [7, 11) is 0. The van der Waals surface area contributed by atoms with Crippen LogP contribution < -0.4 is 10.9 Å². The topological polar surface area (TPSA) is 92.7 Å². The zero-order chi connectivity index (χ0) is 17.1. The number of hydrogen-bond donors (Lipinski definition) is 2. The Morgan fingerprint density at radius 3 is 2.83 bits per heavy atom. The molecular weight excluding hydrogens is 313 g/mol. The third-order valence-corrected chi connectivity index (χ3v) is 3.45. The highest BCUT2D eigenvalue weighted by atomic mass is 19.1. The van der Waals surface area contributed by atoms with Gasteiger partial charge in [-0.15, -0.1) is 0 Å². The summed E-state index contributed by atoms with van der Waals surface area (Å²) in [5.41, 5.74) is 0.745. The summed E-state index contributed by atoms with van der Waals surface area (Å²) >= 11 is 0. The molecule has 0 fully saturated rings. The molecule has 0 saturated heterocycles. The molecule has 7 nitrogen and oxygen atoms in total. The van der Waals surface area contributed by atoms with Gasteiger partial charge in [0, 0.05) is 18.0 Å². The minimum Gasteiger partial charge on any atom is -0.344 e. The first kappa shape index (κ1) is 15.6. The third-order valence-electron chi connectivity index (χ3n) is 3.45. The molecule has 0 radical (unpaired) electrons. The molecule has 2 heterocycles. The van der Waals surface area contributed by atoms with Crippen molar-refractivity contribution in [2.24, 2.45) is 0 Å². The van der Waals surface area contributed by atoms with Crippen LogP contribution in [0.3, 0.4) is 0 Å². The zero-order valence-electron chi connectivity index (χ0n) is 12.7. The predicted octanol–water partition coefficient (Wildman–Crippen LogP) is 1.59. The summed E-state index contributed by atoms with van der Waals surface area (Å²) in [5.74, 6) is -0.821. The number of rotatable bonds is 4. The van der Waals surface area contributed by atoms with E-state index in [2.05, 4.69) is 20.4 Å². The molecule has 0 spiro atoms. The number of hydrogen-bond acceptors (Lipinski definition) is 4. The van der Waals surface area contributed by atoms with E-state index in [1.807, 2.05) is 0 Å². The van der Waals surface area contributed by atoms with Crippen LogP contribution in [0.15, 0.2) is 53.8 Å². The van der Waals surface area contributed by atoms with E-state index < -0.39 is 5.91 Å². The lowest BCUT2D eigenvalue weighted by Gasteiger charge is -2.11. The molecule has 8 heteroatoms. The van der Waals surface area contributed by atoms with Crippen LogP contribution in [0, 0.1) is 5.82 Å². The van der Waals surface area contributed by atoms with E-state index in [1.54, 1.807) is 37.5 Å². The van der Waals surface area contributed by atoms with Crippen molar-refractivity contribution < 1.29 is 9.18 Å². The van der Waals surface area contributed by atoms with E-state index >= 15 is 0 Å². The summed E-state index contributed by atoms with van der Waals surface area (Å²) in [6, 6.07) is 5.91. The molecule has 0 aliphatic carbocycles. The summed E-state index contributed by atoms with van der Waals surface area (Å²) in [6.07, 6.45) is 5.48. The SMILES string of the molecule is CC(NC(=O)c1c[nH]c(=O)cn1)c1cnn(-c2ccccc2F)c1. The molecule has 3 rings (SSSR count). The summed E-state index contributed by atoms with van der Waals surface area (Å²) < 4.78 is 15.2. The molecule has 0 bridgehead atoms. The molecule has 3 aromatic rings. The van der Waals surface area contributed by atoms with Crippen molar-refractivity contribution in [1.82, 2.24) is 25.1 Å². The highest BCUT2D eigenvalue weighted by Gasteiger charge is 2.15. The summed E-state index contributed by atoms with van der Waals surface area (Å²) in [5, 5.41) is 6.86. The number of benzene rings is 1. The second kappa shape index (κ2) is 6.45. The van der Waals surface area contributed by atoms with Gasteiger partial charge in [-0.25, -0.2) is 14.1 Å². The minimum absolute atomic E-state index is 0.0999. The Labute approximate surface area is 136 Å². The lowest BCUT2D eigenvalue weighted by molar-refractivity contribution is 0.0934. The van der Waals surface area contributed by atoms with Crippen molar-refractivity contribution in [1.29, 1.82) is 0 Å². The fourth-order valence-corrected chi connectivity index (χ4v) is 2.15. The van der Waals surface area contributed by atoms with Crippen LogP contribution in [0.25, 0.3) is 5.69 Å². The first-order valence-corrected chi connectivity index (χ1v) is 7.19. The van der Waals surface area contributed by atoms with Crippen LogP contribution in [0.4, 0.5) is 4.39 Å². The van der Waals surface area contributed by atoms with Crippen molar-refractivity contribution in [2.45, 2.75) is 13.0 Å². The second-order valence-electron chi connectivity index (χ2n) is 5.16. The number of aromatic nitrogens is 4. The first-order valence-electron chi connectivity index (χ1n) is 7.19. The first-order chi connectivity index (χ1) is 11.5. The molecule has 24 heavy (non-hydrogen) atoms. The average Bonchev–Trinajstić information content (AvgIpc) is 3.05. The van der Waals surface area contributed by atoms with Gasteiger partial charge in [-0.2, -0.15) is 5.10 Å². The largest absolute Gasteiger partial charge is 0.344 e. The Bertz CT molecular complexity index is 913. The smallest absolute Gasteiger partial charge is 0.271 e. The van der Waals surface area contributed by atoms with Crippen molar-refractivity contribution in [2.75, 3.05) is 0 Å². The number of H-pyrrole nitrogens is 1. The molecule has 2 aromatic heterocycles. The molecule has 0 aliphatic rings. The van der Waals surface area contributed by atoms with Gasteiger partial charge in [0.15, 0.2) is 0 Å². The van der Waals surface area contributed by atoms with Gasteiger partial charge in [0.05, 0.1) is 18.4 Å². The van der Waals surface area contributed by atoms with Gasteiger partial charge in [-0.1, -0.05) is 12.1 Å². The fourth-order valence-electron chi connectivity index (χ4n) is 2.15. The quantitative estimate of drug-likeness (QED) is 0.761. The van der Waals surface area contributed by atoms with Gasteiger partial charge in [0.2, 0.25) is 0 Å². The number of amides is 1. The van der Waals surface area contributed by atoms with Gasteiger partial charge in [-0.05, 0) is 19.1 Å². The highest BCUT2D eigenvalue weighted by Crippen LogP contribution is 2.16. The number of carbonyl (C=O) groups excluding carboxylic acids is 1. The lowest BCUT2D eigenvalue weighted by Crippen LogP contribution is -2.28. The summed E-state index contributed by atoms with van der Waals surface area (Å²) in [4.78, 5) is 29.2. The number of para-hydroxylation sites is 1. The normalized spacial score (nSPS) is 11.9. The van der Waals surface area contributed by atoms with Crippen molar-refractivity contribution in [3.8, 4) is 5.69 Å². The van der Waals surface area contributed by atoms with Crippen molar-refractivity contribution in [3.05, 3.63) is 76.5 Å². The number of aromatic amines is 1. The Morgan fingerprint density at radius 1 is 1.33 bits per heavy atom. The van der Waals surface area contributed by atoms with Crippen LogP contribution in [-0.2, 0) is 0 Å². The van der Waals surface area contributed by atoms with Crippen LogP contribution >= 0.6 is 0 Å². The predicted molar refractivity (Wildman–Crippen MR) is 84.3 cm³/mol. The maximum atomic E-state index is 13.8. The van der Waals surface area contributed by atoms with Gasteiger partial charge < -0.3 is 10.3 Å². The Morgan fingerprint density at radius 2 is 2.12 bits per heavy atom. The molecular formula is C16H14FN5O2. The van der Waals surface area contributed by atoms with Gasteiger partial charge >= 0.3 is 0 Å². The van der Waals surface area contributed by atoms with E-state index in [1.165, 1.54) is 16.9 Å². The Balaban J connectivity index is 1.75. The summed E-state index contributed by atoms with van der Waals surface area (Å²) in [6.45, 7) is 1.77. The lowest BCUT2D eigenvalue weighted by atomic mass is 10.2. The van der Waals surface area contributed by atoms with Gasteiger partial charge in [0.1, 0.15) is 17.2 Å². The number of halogens is 1. The van der Waals surface area contributed by atoms with Crippen LogP contribution in [0.1, 0.15) is 29.0 Å². The number of nitrogens with zero attached hydrogens (tertiary/aromatic N) is 3. The number of carbonyl (C=O) groups is 1. The molecule has 1 aromatic carbocycles. The highest BCUT2D eigenvalue weighted by molar-refractivity contribution is 5.92. The van der Waals surface area contributed by atoms with Crippen LogP contribution in [0.5, 0.6) is 0 Å². The number of nitrogens with one attached hydrogen (secondary N) is 2. The maximum absolute atomic E-state index is 13.8. The second-order valence-corrected chi connectivity index (χ2v) is 5.16. The maximum Gasteiger partial charge on any atom is 0.271 e. The van der Waals surface area contributed by atoms with E-state index in [0.717, 1.165) is 6.20 Å². The van der Waals surface area contributed by atoms with Crippen LogP contribution in [0.2, 0.25) is 0 Å². The Hall–Kier alpha value is -3.29. The van der Waals surface area contributed by atoms with Gasteiger partial charge in [-0.3, -0.25) is 9.59 Å². The standard InChI is InChI=1S/C16H14FN5O2/c1-10(21-16(24)13-7-19-15(23)8-18-13)11-6-20-22(9-11)14-5-3-2-4-12(14)17/h2-10H,1H3,(H,19,23)(H,21,24). The zero-order valence-corrected chi connectivity index (χ0v) is 12.7. The molecule has 122 valence electrons. The van der Waals surface area contributed by atoms with E-state index in [-0.39, 0.29) is 23.1 Å². The third kappa shape index (κ3) is 3.22. The monoisotopic (exact) mass is 327 g/mol. The molecule has 2 N–H and O–H groups in total. The molecule has 1 amide bonds. The average molecular weight is 327 g/mol. The van der Waals surface area contributed by atoms with Crippen molar-refractivity contribution >= 4 is 5.91 Å². The van der Waals surface area contributed by atoms with E-state index in [0.29, 0.717) is 11.3 Å². The fraction of sp³-hybridized carbons (Fsp3) is 0.125.